The van der Waals surface area contributed by atoms with Gasteiger partial charge in [0.1, 0.15) is 11.3 Å². The molecular formula is C15H12N4O3S. The average molecular weight is 328 g/mol. The maximum Gasteiger partial charge on any atom is 0.261 e. The van der Waals surface area contributed by atoms with Gasteiger partial charge in [-0.05, 0) is 19.1 Å². The van der Waals surface area contributed by atoms with Crippen LogP contribution >= 0.6 is 11.3 Å². The van der Waals surface area contributed by atoms with Crippen LogP contribution in [0.15, 0.2) is 28.7 Å². The number of amides is 2. The first-order chi connectivity index (χ1) is 11.1. The number of carbonyl (C=O) groups is 2. The molecular weight excluding hydrogens is 316 g/mol. The molecule has 8 heteroatoms. The molecule has 0 bridgehead atoms. The Hall–Kier alpha value is -2.87. The molecule has 7 nitrogen and oxygen atoms in total. The van der Waals surface area contributed by atoms with Crippen molar-refractivity contribution in [2.75, 3.05) is 17.3 Å². The Balaban J connectivity index is 1.69. The van der Waals surface area contributed by atoms with E-state index in [2.05, 4.69) is 20.9 Å². The lowest BCUT2D eigenvalue weighted by molar-refractivity contribution is 0.0939. The van der Waals surface area contributed by atoms with Crippen LogP contribution in [0.4, 0.5) is 11.0 Å². The first kappa shape index (κ1) is 13.8. The predicted molar refractivity (Wildman–Crippen MR) is 87.0 cm³/mol. The lowest BCUT2D eigenvalue weighted by Gasteiger charge is -2.13. The van der Waals surface area contributed by atoms with E-state index >= 15 is 0 Å². The lowest BCUT2D eigenvalue weighted by Crippen LogP contribution is -2.35. The van der Waals surface area contributed by atoms with Crippen molar-refractivity contribution in [2.24, 2.45) is 0 Å². The third kappa shape index (κ3) is 2.23. The Morgan fingerprint density at radius 2 is 2.17 bits per heavy atom. The Kier molecular flexibility index (Phi) is 3.05. The number of para-hydroxylation sites is 1. The fraction of sp³-hybridized carbons (Fsp3) is 0.133. The van der Waals surface area contributed by atoms with Gasteiger partial charge in [-0.3, -0.25) is 14.9 Å². The zero-order chi connectivity index (χ0) is 16.0. The fourth-order valence-corrected chi connectivity index (χ4v) is 3.40. The number of rotatable bonds is 2. The second-order valence-corrected chi connectivity index (χ2v) is 6.07. The first-order valence-electron chi connectivity index (χ1n) is 6.96. The van der Waals surface area contributed by atoms with E-state index < -0.39 is 5.91 Å². The molecule has 0 atom stereocenters. The number of aryl methyl sites for hydroxylation is 1. The molecule has 23 heavy (non-hydrogen) atoms. The van der Waals surface area contributed by atoms with Gasteiger partial charge in [0.15, 0.2) is 5.13 Å². The number of hydrogen-bond acceptors (Lipinski definition) is 6. The van der Waals surface area contributed by atoms with Gasteiger partial charge in [-0.2, -0.15) is 0 Å². The summed E-state index contributed by atoms with van der Waals surface area (Å²) in [6, 6.07) is 7.62. The number of aromatic nitrogens is 1. The van der Waals surface area contributed by atoms with Crippen LogP contribution in [0.2, 0.25) is 0 Å². The number of anilines is 2. The predicted octanol–water partition coefficient (Wildman–Crippen LogP) is 2.56. The molecule has 0 aliphatic carbocycles. The molecule has 3 heterocycles. The molecule has 0 radical (unpaired) electrons. The molecule has 1 aromatic carbocycles. The Bertz CT molecular complexity index is 910. The van der Waals surface area contributed by atoms with E-state index in [1.165, 1.54) is 11.3 Å². The van der Waals surface area contributed by atoms with Crippen LogP contribution in [0.3, 0.4) is 0 Å². The lowest BCUT2D eigenvalue weighted by atomic mass is 10.1. The van der Waals surface area contributed by atoms with Gasteiger partial charge >= 0.3 is 0 Å². The number of furan rings is 1. The number of carbonyl (C=O) groups excluding carboxylic acids is 2. The molecule has 1 aliphatic heterocycles. The van der Waals surface area contributed by atoms with Crippen molar-refractivity contribution < 1.29 is 14.0 Å². The van der Waals surface area contributed by atoms with Crippen LogP contribution in [0, 0.1) is 6.92 Å². The molecule has 116 valence electrons. The molecule has 4 rings (SSSR count). The van der Waals surface area contributed by atoms with E-state index in [0.717, 1.165) is 10.2 Å². The van der Waals surface area contributed by atoms with Crippen molar-refractivity contribution in [3.8, 4) is 0 Å². The minimum absolute atomic E-state index is 0.226. The van der Waals surface area contributed by atoms with E-state index in [9.17, 15) is 9.59 Å². The van der Waals surface area contributed by atoms with E-state index in [4.69, 9.17) is 4.42 Å². The Labute approximate surface area is 134 Å². The Morgan fingerprint density at radius 3 is 3.00 bits per heavy atom. The van der Waals surface area contributed by atoms with E-state index in [1.807, 2.05) is 24.3 Å². The van der Waals surface area contributed by atoms with Crippen molar-refractivity contribution >= 4 is 44.4 Å². The first-order valence-corrected chi connectivity index (χ1v) is 7.77. The van der Waals surface area contributed by atoms with E-state index in [-0.39, 0.29) is 23.7 Å². The van der Waals surface area contributed by atoms with Crippen molar-refractivity contribution in [3.05, 3.63) is 41.2 Å². The maximum atomic E-state index is 12.6. The van der Waals surface area contributed by atoms with Crippen molar-refractivity contribution in [3.63, 3.8) is 0 Å². The molecule has 3 aromatic rings. The number of nitrogens with one attached hydrogen (secondary N) is 3. The zero-order valence-corrected chi connectivity index (χ0v) is 12.9. The van der Waals surface area contributed by atoms with Gasteiger partial charge < -0.3 is 15.1 Å². The van der Waals surface area contributed by atoms with Gasteiger partial charge in [0.25, 0.3) is 11.8 Å². The van der Waals surface area contributed by atoms with Crippen LogP contribution in [-0.2, 0) is 0 Å². The monoisotopic (exact) mass is 328 g/mol. The highest BCUT2D eigenvalue weighted by molar-refractivity contribution is 7.22. The van der Waals surface area contributed by atoms with Gasteiger partial charge in [0, 0.05) is 0 Å². The molecule has 2 amide bonds. The number of nitrogens with zero attached hydrogens (tertiary/aromatic N) is 1. The Morgan fingerprint density at radius 1 is 1.35 bits per heavy atom. The molecule has 0 spiro atoms. The topological polar surface area (TPSA) is 96.3 Å². The van der Waals surface area contributed by atoms with Crippen molar-refractivity contribution in [1.82, 2.24) is 10.3 Å². The van der Waals surface area contributed by atoms with Gasteiger partial charge in [-0.25, -0.2) is 4.98 Å². The number of thiazole rings is 1. The zero-order valence-electron chi connectivity index (χ0n) is 12.1. The summed E-state index contributed by atoms with van der Waals surface area (Å²) in [7, 11) is 0. The van der Waals surface area contributed by atoms with Gasteiger partial charge in [0.05, 0.1) is 22.4 Å². The number of hydrogen-bond donors (Lipinski definition) is 3. The second kappa shape index (κ2) is 5.10. The summed E-state index contributed by atoms with van der Waals surface area (Å²) < 4.78 is 6.46. The molecule has 1 aliphatic rings. The van der Waals surface area contributed by atoms with Crippen molar-refractivity contribution in [2.45, 2.75) is 6.92 Å². The highest BCUT2D eigenvalue weighted by Crippen LogP contribution is 2.31. The number of benzene rings is 1. The minimum Gasteiger partial charge on any atom is -0.444 e. The maximum absolute atomic E-state index is 12.6. The van der Waals surface area contributed by atoms with E-state index in [1.54, 1.807) is 6.92 Å². The summed E-state index contributed by atoms with van der Waals surface area (Å²) >= 11 is 1.38. The molecule has 2 aromatic heterocycles. The second-order valence-electron chi connectivity index (χ2n) is 5.04. The largest absolute Gasteiger partial charge is 0.444 e. The summed E-state index contributed by atoms with van der Waals surface area (Å²) in [4.78, 5) is 29.0. The average Bonchev–Trinajstić information content (AvgIpc) is 3.07. The van der Waals surface area contributed by atoms with Crippen LogP contribution in [0.1, 0.15) is 26.5 Å². The summed E-state index contributed by atoms with van der Waals surface area (Å²) in [6.07, 6.45) is 0. The smallest absolute Gasteiger partial charge is 0.261 e. The molecule has 0 saturated carbocycles. The van der Waals surface area contributed by atoms with Crippen LogP contribution in [0.25, 0.3) is 10.2 Å². The van der Waals surface area contributed by atoms with Crippen LogP contribution < -0.4 is 16.0 Å². The van der Waals surface area contributed by atoms with E-state index in [0.29, 0.717) is 16.8 Å². The molecule has 0 saturated heterocycles. The quantitative estimate of drug-likeness (QED) is 0.672. The van der Waals surface area contributed by atoms with Gasteiger partial charge in [-0.15, -0.1) is 0 Å². The number of fused-ring (bicyclic) bond motifs is 2. The van der Waals surface area contributed by atoms with Gasteiger partial charge in [0.2, 0.25) is 5.88 Å². The van der Waals surface area contributed by atoms with Crippen molar-refractivity contribution in [1.29, 1.82) is 0 Å². The molecule has 0 fully saturated rings. The normalized spacial score (nSPS) is 13.3. The third-order valence-electron chi connectivity index (χ3n) is 3.55. The minimum atomic E-state index is -0.412. The fourth-order valence-electron chi connectivity index (χ4n) is 2.54. The molecule has 0 unspecified atom stereocenters. The van der Waals surface area contributed by atoms with Crippen LogP contribution in [-0.4, -0.2) is 23.5 Å². The SMILES string of the molecule is Cc1oc2c(c1C(=O)Nc1nc3ccccc3s1)C(=O)NCN2. The molecule has 3 N–H and O–H groups in total. The third-order valence-corrected chi connectivity index (χ3v) is 4.50. The highest BCUT2D eigenvalue weighted by atomic mass is 32.1. The summed E-state index contributed by atoms with van der Waals surface area (Å²) in [5.74, 6) is -0.0330. The van der Waals surface area contributed by atoms with Gasteiger partial charge in [-0.1, -0.05) is 23.5 Å². The highest BCUT2D eigenvalue weighted by Gasteiger charge is 2.31. The summed E-state index contributed by atoms with van der Waals surface area (Å²) in [5.41, 5.74) is 1.27. The van der Waals surface area contributed by atoms with Crippen LogP contribution in [0.5, 0.6) is 0 Å². The summed E-state index contributed by atoms with van der Waals surface area (Å²) in [6.45, 7) is 1.93. The standard InChI is InChI=1S/C15H12N4O3S/c1-7-10(11-12(20)16-6-17-14(11)22-7)13(21)19-15-18-8-4-2-3-5-9(8)23-15/h2-5,17H,6H2,1H3,(H,16,20)(H,18,19,21). The summed E-state index contributed by atoms with van der Waals surface area (Å²) in [5, 5.41) is 8.76.